The second-order valence-electron chi connectivity index (χ2n) is 8.90. The molecule has 0 amide bonds. The Hall–Kier alpha value is -2.76. The highest BCUT2D eigenvalue weighted by atomic mass is 16.1. The van der Waals surface area contributed by atoms with E-state index in [0.717, 1.165) is 48.1 Å². The van der Waals surface area contributed by atoms with Gasteiger partial charge in [-0.2, -0.15) is 0 Å². The van der Waals surface area contributed by atoms with Crippen LogP contribution in [0.2, 0.25) is 0 Å². The molecule has 1 fully saturated rings. The smallest absolute Gasteiger partial charge is 0.265 e. The number of fused-ring (bicyclic) bond motifs is 4. The Morgan fingerprint density at radius 2 is 1.65 bits per heavy atom. The van der Waals surface area contributed by atoms with Crippen LogP contribution in [-0.4, -0.2) is 24.1 Å². The number of hydrogen-bond acceptors (Lipinski definition) is 4. The molecule has 0 saturated heterocycles. The molecular weight excluding hydrogens is 386 g/mol. The summed E-state index contributed by atoms with van der Waals surface area (Å²) in [6, 6.07) is 8.15. The summed E-state index contributed by atoms with van der Waals surface area (Å²) in [6.07, 6.45) is 13.6. The van der Waals surface area contributed by atoms with Gasteiger partial charge in [0.05, 0.1) is 11.0 Å². The van der Waals surface area contributed by atoms with E-state index in [1.807, 2.05) is 28.8 Å². The third-order valence-corrected chi connectivity index (χ3v) is 6.73. The van der Waals surface area contributed by atoms with Gasteiger partial charge in [0.15, 0.2) is 11.3 Å². The van der Waals surface area contributed by atoms with Gasteiger partial charge in [-0.15, -0.1) is 0 Å². The van der Waals surface area contributed by atoms with Crippen molar-refractivity contribution in [2.45, 2.75) is 83.7 Å². The summed E-state index contributed by atoms with van der Waals surface area (Å²) in [5.74, 6) is 0. The molecule has 0 aliphatic heterocycles. The predicted molar refractivity (Wildman–Crippen MR) is 125 cm³/mol. The molecule has 6 heteroatoms. The Labute approximate surface area is 182 Å². The fourth-order valence-electron chi connectivity index (χ4n) is 5.02. The SMILES string of the molecule is CCCCCCCCn1c2nc3ccccc3nc2c2c(=O)n(C3CCCC3)cnc21. The minimum atomic E-state index is 0.0353. The van der Waals surface area contributed by atoms with Crippen molar-refractivity contribution in [2.75, 3.05) is 0 Å². The van der Waals surface area contributed by atoms with Crippen molar-refractivity contribution < 1.29 is 0 Å². The fourth-order valence-corrected chi connectivity index (χ4v) is 5.02. The minimum absolute atomic E-state index is 0.0353. The van der Waals surface area contributed by atoms with Crippen LogP contribution in [0.3, 0.4) is 0 Å². The van der Waals surface area contributed by atoms with Gasteiger partial charge < -0.3 is 4.57 Å². The lowest BCUT2D eigenvalue weighted by molar-refractivity contribution is 0.498. The van der Waals surface area contributed by atoms with Crippen molar-refractivity contribution in [1.82, 2.24) is 24.1 Å². The maximum atomic E-state index is 13.6. The number of rotatable bonds is 8. The zero-order chi connectivity index (χ0) is 21.2. The van der Waals surface area contributed by atoms with Crippen LogP contribution in [0.1, 0.15) is 77.2 Å². The maximum absolute atomic E-state index is 13.6. The third-order valence-electron chi connectivity index (χ3n) is 6.73. The first-order valence-corrected chi connectivity index (χ1v) is 11.9. The van der Waals surface area contributed by atoms with Crippen LogP contribution in [-0.2, 0) is 6.54 Å². The first-order chi connectivity index (χ1) is 15.3. The van der Waals surface area contributed by atoms with Crippen LogP contribution >= 0.6 is 0 Å². The van der Waals surface area contributed by atoms with E-state index >= 15 is 0 Å². The molecular formula is C25H31N5O. The van der Waals surface area contributed by atoms with Crippen molar-refractivity contribution in [3.63, 3.8) is 0 Å². The molecule has 162 valence electrons. The van der Waals surface area contributed by atoms with E-state index in [0.29, 0.717) is 10.9 Å². The van der Waals surface area contributed by atoms with Gasteiger partial charge in [-0.1, -0.05) is 64.0 Å². The number of benzene rings is 1. The van der Waals surface area contributed by atoms with Gasteiger partial charge in [0, 0.05) is 12.6 Å². The number of aromatic nitrogens is 5. The fraction of sp³-hybridized carbons (Fsp3) is 0.520. The molecule has 3 heterocycles. The summed E-state index contributed by atoms with van der Waals surface area (Å²) in [4.78, 5) is 28.2. The minimum Gasteiger partial charge on any atom is -0.308 e. The van der Waals surface area contributed by atoms with E-state index < -0.39 is 0 Å². The second kappa shape index (κ2) is 8.77. The van der Waals surface area contributed by atoms with Crippen molar-refractivity contribution in [1.29, 1.82) is 0 Å². The van der Waals surface area contributed by atoms with Crippen LogP contribution in [0.25, 0.3) is 33.2 Å². The highest BCUT2D eigenvalue weighted by Crippen LogP contribution is 2.30. The number of hydrogen-bond donors (Lipinski definition) is 0. The van der Waals surface area contributed by atoms with E-state index in [2.05, 4.69) is 11.5 Å². The molecule has 3 aromatic heterocycles. The highest BCUT2D eigenvalue weighted by Gasteiger charge is 2.23. The molecule has 0 radical (unpaired) electrons. The molecule has 6 nitrogen and oxygen atoms in total. The van der Waals surface area contributed by atoms with Crippen LogP contribution < -0.4 is 5.56 Å². The quantitative estimate of drug-likeness (QED) is 0.341. The lowest BCUT2D eigenvalue weighted by Crippen LogP contribution is -2.24. The van der Waals surface area contributed by atoms with Crippen LogP contribution in [0.15, 0.2) is 35.4 Å². The van der Waals surface area contributed by atoms with E-state index in [4.69, 9.17) is 15.0 Å². The molecule has 5 rings (SSSR count). The van der Waals surface area contributed by atoms with Crippen molar-refractivity contribution in [3.05, 3.63) is 40.9 Å². The van der Waals surface area contributed by atoms with Gasteiger partial charge in [-0.3, -0.25) is 9.36 Å². The van der Waals surface area contributed by atoms with E-state index in [9.17, 15) is 4.79 Å². The number of para-hydroxylation sites is 2. The molecule has 1 saturated carbocycles. The summed E-state index contributed by atoms with van der Waals surface area (Å²) >= 11 is 0. The van der Waals surface area contributed by atoms with Crippen LogP contribution in [0.4, 0.5) is 0 Å². The van der Waals surface area contributed by atoms with Gasteiger partial charge in [0.2, 0.25) is 0 Å². The third kappa shape index (κ3) is 3.73. The molecule has 4 aromatic rings. The van der Waals surface area contributed by atoms with Gasteiger partial charge in [-0.25, -0.2) is 15.0 Å². The number of aryl methyl sites for hydroxylation is 1. The Balaban J connectivity index is 1.61. The predicted octanol–water partition coefficient (Wildman–Crippen LogP) is 5.77. The number of nitrogens with zero attached hydrogens (tertiary/aromatic N) is 5. The second-order valence-corrected chi connectivity index (χ2v) is 8.90. The summed E-state index contributed by atoms with van der Waals surface area (Å²) in [5, 5.41) is 0.633. The van der Waals surface area contributed by atoms with Crippen molar-refractivity contribution >= 4 is 33.2 Å². The molecule has 31 heavy (non-hydrogen) atoms. The van der Waals surface area contributed by atoms with E-state index in [1.165, 1.54) is 44.9 Å². The molecule has 0 atom stereocenters. The van der Waals surface area contributed by atoms with Gasteiger partial charge in [-0.05, 0) is 31.4 Å². The van der Waals surface area contributed by atoms with Crippen LogP contribution in [0, 0.1) is 0 Å². The average Bonchev–Trinajstić information content (AvgIpc) is 3.42. The van der Waals surface area contributed by atoms with Crippen molar-refractivity contribution in [3.8, 4) is 0 Å². The summed E-state index contributed by atoms with van der Waals surface area (Å²) in [7, 11) is 0. The van der Waals surface area contributed by atoms with Crippen LogP contribution in [0.5, 0.6) is 0 Å². The van der Waals surface area contributed by atoms with E-state index in [-0.39, 0.29) is 11.6 Å². The topological polar surface area (TPSA) is 65.6 Å². The maximum Gasteiger partial charge on any atom is 0.265 e. The lowest BCUT2D eigenvalue weighted by Gasteiger charge is -2.13. The Kier molecular flexibility index (Phi) is 5.70. The Morgan fingerprint density at radius 1 is 0.935 bits per heavy atom. The molecule has 1 aliphatic carbocycles. The summed E-state index contributed by atoms with van der Waals surface area (Å²) in [5.41, 5.74) is 3.94. The Morgan fingerprint density at radius 3 is 2.42 bits per heavy atom. The molecule has 0 N–H and O–H groups in total. The molecule has 0 unspecified atom stereocenters. The average molecular weight is 418 g/mol. The molecule has 1 aliphatic rings. The zero-order valence-corrected chi connectivity index (χ0v) is 18.4. The largest absolute Gasteiger partial charge is 0.308 e. The first kappa shape index (κ1) is 20.2. The zero-order valence-electron chi connectivity index (χ0n) is 18.4. The normalized spacial score (nSPS) is 15.0. The molecule has 0 spiro atoms. The molecule has 1 aromatic carbocycles. The van der Waals surface area contributed by atoms with Gasteiger partial charge in [0.1, 0.15) is 17.2 Å². The standard InChI is InChI=1S/C25H31N5O/c1-2-3-4-5-6-11-16-29-23-21(25(31)30(17-26-23)18-12-7-8-13-18)22-24(29)28-20-15-10-9-14-19(20)27-22/h9-10,14-15,17-18H,2-8,11-13,16H2,1H3. The number of unbranched alkanes of at least 4 members (excludes halogenated alkanes) is 5. The summed E-state index contributed by atoms with van der Waals surface area (Å²) in [6.45, 7) is 3.06. The Bertz CT molecular complexity index is 1270. The van der Waals surface area contributed by atoms with Gasteiger partial charge in [0.25, 0.3) is 5.56 Å². The molecule has 0 bridgehead atoms. The van der Waals surface area contributed by atoms with E-state index in [1.54, 1.807) is 6.33 Å². The highest BCUT2D eigenvalue weighted by molar-refractivity contribution is 6.04. The first-order valence-electron chi connectivity index (χ1n) is 11.9. The summed E-state index contributed by atoms with van der Waals surface area (Å²) < 4.78 is 3.98. The lowest BCUT2D eigenvalue weighted by atomic mass is 10.1. The van der Waals surface area contributed by atoms with Gasteiger partial charge >= 0.3 is 0 Å². The van der Waals surface area contributed by atoms with Crippen molar-refractivity contribution in [2.24, 2.45) is 0 Å². The monoisotopic (exact) mass is 417 g/mol.